The zero-order valence-electron chi connectivity index (χ0n) is 7.02. The van der Waals surface area contributed by atoms with E-state index in [0.29, 0.717) is 6.42 Å². The van der Waals surface area contributed by atoms with Gasteiger partial charge in [-0.1, -0.05) is 18.5 Å². The molecule has 0 heterocycles. The lowest BCUT2D eigenvalue weighted by atomic mass is 10.1. The van der Waals surface area contributed by atoms with Crippen molar-refractivity contribution in [1.29, 1.82) is 0 Å². The number of benzene rings is 1. The third-order valence-corrected chi connectivity index (χ3v) is 2.11. The van der Waals surface area contributed by atoms with Gasteiger partial charge in [-0.05, 0) is 18.6 Å². The summed E-state index contributed by atoms with van der Waals surface area (Å²) in [5, 5.41) is 9.40. The van der Waals surface area contributed by atoms with E-state index in [1.807, 2.05) is 0 Å². The molecule has 0 amide bonds. The Morgan fingerprint density at radius 1 is 1.38 bits per heavy atom. The smallest absolute Gasteiger partial charge is 0.160 e. The molecular formula is C9H9ClF2O. The SMILES string of the molecule is CC[C@H](O)c1cc(F)c(F)cc1Cl. The maximum absolute atomic E-state index is 12.7. The van der Waals surface area contributed by atoms with E-state index >= 15 is 0 Å². The normalized spacial score (nSPS) is 13.0. The Kier molecular flexibility index (Phi) is 3.22. The van der Waals surface area contributed by atoms with Gasteiger partial charge in [0.05, 0.1) is 6.10 Å². The second kappa shape index (κ2) is 4.03. The molecule has 1 rings (SSSR count). The van der Waals surface area contributed by atoms with Gasteiger partial charge in [-0.2, -0.15) is 0 Å². The summed E-state index contributed by atoms with van der Waals surface area (Å²) in [7, 11) is 0. The lowest BCUT2D eigenvalue weighted by Gasteiger charge is -2.10. The maximum atomic E-state index is 12.7. The molecule has 13 heavy (non-hydrogen) atoms. The van der Waals surface area contributed by atoms with Crippen molar-refractivity contribution in [3.63, 3.8) is 0 Å². The zero-order valence-corrected chi connectivity index (χ0v) is 7.78. The minimum atomic E-state index is -1.00. The Labute approximate surface area is 80.0 Å². The summed E-state index contributed by atoms with van der Waals surface area (Å²) in [4.78, 5) is 0. The number of hydrogen-bond acceptors (Lipinski definition) is 1. The summed E-state index contributed by atoms with van der Waals surface area (Å²) in [6, 6.07) is 1.79. The summed E-state index contributed by atoms with van der Waals surface area (Å²) in [6.07, 6.45) is -0.437. The Morgan fingerprint density at radius 2 is 1.92 bits per heavy atom. The second-order valence-electron chi connectivity index (χ2n) is 2.71. The largest absolute Gasteiger partial charge is 0.388 e. The number of halogens is 3. The molecule has 0 aromatic heterocycles. The van der Waals surface area contributed by atoms with Crippen LogP contribution in [0, 0.1) is 11.6 Å². The van der Waals surface area contributed by atoms with Crippen LogP contribution < -0.4 is 0 Å². The zero-order chi connectivity index (χ0) is 10.0. The Hall–Kier alpha value is -0.670. The second-order valence-corrected chi connectivity index (χ2v) is 3.12. The third-order valence-electron chi connectivity index (χ3n) is 1.79. The lowest BCUT2D eigenvalue weighted by Crippen LogP contribution is -1.98. The van der Waals surface area contributed by atoms with Crippen LogP contribution in [0.2, 0.25) is 5.02 Å². The standard InChI is InChI=1S/C9H9ClF2O/c1-2-9(13)5-3-7(11)8(12)4-6(5)10/h3-4,9,13H,2H2,1H3/t9-/m0/s1. The van der Waals surface area contributed by atoms with E-state index in [2.05, 4.69) is 0 Å². The number of aliphatic hydroxyl groups excluding tert-OH is 1. The molecule has 1 aromatic rings. The molecule has 0 aliphatic rings. The van der Waals surface area contributed by atoms with Gasteiger partial charge in [0.1, 0.15) is 0 Å². The minimum Gasteiger partial charge on any atom is -0.388 e. The highest BCUT2D eigenvalue weighted by atomic mass is 35.5. The molecule has 0 saturated carbocycles. The molecule has 1 atom stereocenters. The molecule has 4 heteroatoms. The van der Waals surface area contributed by atoms with Crippen LogP contribution in [0.4, 0.5) is 8.78 Å². The summed E-state index contributed by atoms with van der Waals surface area (Å²) in [6.45, 7) is 1.72. The average Bonchev–Trinajstić information content (AvgIpc) is 2.10. The van der Waals surface area contributed by atoms with Crippen molar-refractivity contribution in [3.8, 4) is 0 Å². The molecule has 0 aliphatic carbocycles. The van der Waals surface area contributed by atoms with Crippen LogP contribution >= 0.6 is 11.6 Å². The Morgan fingerprint density at radius 3 is 2.46 bits per heavy atom. The van der Waals surface area contributed by atoms with Crippen molar-refractivity contribution in [1.82, 2.24) is 0 Å². The van der Waals surface area contributed by atoms with Crippen LogP contribution in [0.25, 0.3) is 0 Å². The fourth-order valence-corrected chi connectivity index (χ4v) is 1.29. The van der Waals surface area contributed by atoms with Crippen LogP contribution in [0.15, 0.2) is 12.1 Å². The van der Waals surface area contributed by atoms with Gasteiger partial charge in [0.25, 0.3) is 0 Å². The molecule has 1 N–H and O–H groups in total. The fraction of sp³-hybridized carbons (Fsp3) is 0.333. The topological polar surface area (TPSA) is 20.2 Å². The van der Waals surface area contributed by atoms with Crippen LogP contribution in [0.5, 0.6) is 0 Å². The highest BCUT2D eigenvalue weighted by molar-refractivity contribution is 6.31. The monoisotopic (exact) mass is 206 g/mol. The fourth-order valence-electron chi connectivity index (χ4n) is 1.01. The highest BCUT2D eigenvalue weighted by Gasteiger charge is 2.13. The first-order valence-electron chi connectivity index (χ1n) is 3.88. The van der Waals surface area contributed by atoms with E-state index in [4.69, 9.17) is 11.6 Å². The van der Waals surface area contributed by atoms with E-state index in [0.717, 1.165) is 12.1 Å². The van der Waals surface area contributed by atoms with Gasteiger partial charge in [-0.3, -0.25) is 0 Å². The first-order valence-corrected chi connectivity index (χ1v) is 4.26. The Balaban J connectivity index is 3.15. The van der Waals surface area contributed by atoms with Gasteiger partial charge in [0.15, 0.2) is 11.6 Å². The van der Waals surface area contributed by atoms with Crippen LogP contribution in [-0.2, 0) is 0 Å². The summed E-state index contributed by atoms with van der Waals surface area (Å²) in [5.74, 6) is -2.00. The summed E-state index contributed by atoms with van der Waals surface area (Å²) < 4.78 is 25.3. The third kappa shape index (κ3) is 2.17. The molecule has 0 saturated heterocycles. The van der Waals surface area contributed by atoms with Crippen molar-refractivity contribution < 1.29 is 13.9 Å². The molecule has 0 fully saturated rings. The van der Waals surface area contributed by atoms with E-state index in [1.165, 1.54) is 0 Å². The quantitative estimate of drug-likeness (QED) is 0.738. The number of rotatable bonds is 2. The average molecular weight is 207 g/mol. The number of aliphatic hydroxyl groups is 1. The number of hydrogen-bond donors (Lipinski definition) is 1. The molecule has 72 valence electrons. The van der Waals surface area contributed by atoms with Gasteiger partial charge < -0.3 is 5.11 Å². The van der Waals surface area contributed by atoms with E-state index in [1.54, 1.807) is 6.92 Å². The van der Waals surface area contributed by atoms with E-state index in [-0.39, 0.29) is 10.6 Å². The molecule has 0 bridgehead atoms. The molecule has 0 unspecified atom stereocenters. The summed E-state index contributed by atoms with van der Waals surface area (Å²) >= 11 is 5.61. The molecular weight excluding hydrogens is 198 g/mol. The van der Waals surface area contributed by atoms with Gasteiger partial charge in [0.2, 0.25) is 0 Å². The van der Waals surface area contributed by atoms with Crippen molar-refractivity contribution >= 4 is 11.6 Å². The minimum absolute atomic E-state index is 0.0493. The van der Waals surface area contributed by atoms with Gasteiger partial charge in [-0.15, -0.1) is 0 Å². The van der Waals surface area contributed by atoms with E-state index < -0.39 is 17.7 Å². The lowest BCUT2D eigenvalue weighted by molar-refractivity contribution is 0.173. The first kappa shape index (κ1) is 10.4. The molecule has 0 spiro atoms. The van der Waals surface area contributed by atoms with Crippen molar-refractivity contribution in [2.24, 2.45) is 0 Å². The predicted molar refractivity (Wildman–Crippen MR) is 46.6 cm³/mol. The van der Waals surface area contributed by atoms with E-state index in [9.17, 15) is 13.9 Å². The molecule has 0 aliphatic heterocycles. The molecule has 1 nitrogen and oxygen atoms in total. The van der Waals surface area contributed by atoms with Gasteiger partial charge in [-0.25, -0.2) is 8.78 Å². The highest BCUT2D eigenvalue weighted by Crippen LogP contribution is 2.27. The van der Waals surface area contributed by atoms with Crippen molar-refractivity contribution in [3.05, 3.63) is 34.4 Å². The van der Waals surface area contributed by atoms with Crippen LogP contribution in [0.3, 0.4) is 0 Å². The summed E-state index contributed by atoms with van der Waals surface area (Å²) in [5.41, 5.74) is 0.225. The molecule has 1 aromatic carbocycles. The first-order chi connectivity index (χ1) is 6.06. The molecule has 0 radical (unpaired) electrons. The van der Waals surface area contributed by atoms with Crippen LogP contribution in [0.1, 0.15) is 25.0 Å². The Bertz CT molecular complexity index is 315. The van der Waals surface area contributed by atoms with Crippen LogP contribution in [-0.4, -0.2) is 5.11 Å². The maximum Gasteiger partial charge on any atom is 0.160 e. The van der Waals surface area contributed by atoms with Gasteiger partial charge in [0, 0.05) is 10.6 Å². The predicted octanol–water partition coefficient (Wildman–Crippen LogP) is 3.06. The van der Waals surface area contributed by atoms with Crippen molar-refractivity contribution in [2.75, 3.05) is 0 Å². The van der Waals surface area contributed by atoms with Crippen molar-refractivity contribution in [2.45, 2.75) is 19.4 Å². The van der Waals surface area contributed by atoms with Gasteiger partial charge >= 0.3 is 0 Å².